The van der Waals surface area contributed by atoms with Crippen LogP contribution in [-0.4, -0.2) is 20.7 Å². The zero-order chi connectivity index (χ0) is 14.7. The second kappa shape index (κ2) is 6.21. The monoisotopic (exact) mass is 382 g/mol. The summed E-state index contributed by atoms with van der Waals surface area (Å²) in [7, 11) is 1.86. The Balaban J connectivity index is 2.45. The Labute approximate surface area is 131 Å². The molecule has 0 fully saturated rings. The van der Waals surface area contributed by atoms with Gasteiger partial charge in [-0.3, -0.25) is 9.59 Å². The maximum absolute atomic E-state index is 12.6. The van der Waals surface area contributed by atoms with Crippen molar-refractivity contribution in [2.75, 3.05) is 9.74 Å². The Hall–Kier alpha value is -1.63. The first kappa shape index (κ1) is 14.8. The molecular weight excluding hydrogens is 367 g/mol. The Morgan fingerprint density at radius 2 is 1.90 bits per heavy atom. The first-order chi connectivity index (χ1) is 9.54. The molecule has 2 rings (SSSR count). The van der Waals surface area contributed by atoms with E-state index in [9.17, 15) is 9.59 Å². The lowest BCUT2D eigenvalue weighted by Crippen LogP contribution is -2.14. The van der Waals surface area contributed by atoms with Gasteiger partial charge in [0.25, 0.3) is 0 Å². The molecule has 1 aromatic carbocycles. The number of hydrogen-bond donors (Lipinski definition) is 1. The Morgan fingerprint density at radius 1 is 1.25 bits per heavy atom. The van der Waals surface area contributed by atoms with Crippen molar-refractivity contribution < 1.29 is 9.59 Å². The van der Waals surface area contributed by atoms with Crippen LogP contribution < -0.4 is 5.32 Å². The average Bonchev–Trinajstić information content (AvgIpc) is 2.74. The number of anilines is 1. The molecular formula is C15H15IN2O2. The number of carbonyl (C=O) groups excluding carboxylic acids is 2. The van der Waals surface area contributed by atoms with Crippen LogP contribution in [0.4, 0.5) is 5.69 Å². The van der Waals surface area contributed by atoms with Crippen LogP contribution in [0.1, 0.15) is 21.6 Å². The second-order valence-electron chi connectivity index (χ2n) is 4.49. The van der Waals surface area contributed by atoms with Crippen molar-refractivity contribution in [2.24, 2.45) is 7.05 Å². The van der Waals surface area contributed by atoms with Gasteiger partial charge < -0.3 is 9.88 Å². The van der Waals surface area contributed by atoms with E-state index in [1.54, 1.807) is 18.3 Å². The smallest absolute Gasteiger partial charge is 0.234 e. The summed E-state index contributed by atoms with van der Waals surface area (Å²) in [6, 6.07) is 9.08. The minimum atomic E-state index is -0.113. The van der Waals surface area contributed by atoms with Crippen molar-refractivity contribution in [1.82, 2.24) is 4.57 Å². The number of aromatic nitrogens is 1. The highest BCUT2D eigenvalue weighted by Crippen LogP contribution is 2.24. The van der Waals surface area contributed by atoms with Gasteiger partial charge in [-0.25, -0.2) is 0 Å². The number of benzene rings is 1. The van der Waals surface area contributed by atoms with E-state index in [1.165, 1.54) is 0 Å². The van der Waals surface area contributed by atoms with Crippen LogP contribution in [0.2, 0.25) is 0 Å². The Bertz CT molecular complexity index is 647. The molecule has 0 bridgehead atoms. The minimum Gasteiger partial charge on any atom is -0.352 e. The largest absolute Gasteiger partial charge is 0.352 e. The molecule has 0 aliphatic heterocycles. The number of ketones is 1. The molecule has 0 atom stereocenters. The summed E-state index contributed by atoms with van der Waals surface area (Å²) in [5.41, 5.74) is 2.58. The quantitative estimate of drug-likeness (QED) is 0.502. The molecule has 0 saturated heterocycles. The maximum atomic E-state index is 12.6. The van der Waals surface area contributed by atoms with Gasteiger partial charge in [-0.05, 0) is 6.92 Å². The molecule has 1 N–H and O–H groups in total. The SMILES string of the molecule is Cc1c(C(=O)c2ccccc2)c(NC(=O)CI)cn1C. The minimum absolute atomic E-state index is 0.0764. The molecule has 0 saturated carbocycles. The van der Waals surface area contributed by atoms with Crippen molar-refractivity contribution in [1.29, 1.82) is 0 Å². The van der Waals surface area contributed by atoms with E-state index in [4.69, 9.17) is 0 Å². The van der Waals surface area contributed by atoms with Crippen molar-refractivity contribution in [3.63, 3.8) is 0 Å². The first-order valence-electron chi connectivity index (χ1n) is 6.16. The van der Waals surface area contributed by atoms with Gasteiger partial charge >= 0.3 is 0 Å². The summed E-state index contributed by atoms with van der Waals surface area (Å²) in [5, 5.41) is 2.78. The molecule has 104 valence electrons. The molecule has 2 aromatic rings. The van der Waals surface area contributed by atoms with Gasteiger partial charge in [0.05, 0.1) is 15.7 Å². The molecule has 1 aromatic heterocycles. The Morgan fingerprint density at radius 3 is 2.50 bits per heavy atom. The molecule has 4 nitrogen and oxygen atoms in total. The molecule has 0 aliphatic rings. The molecule has 20 heavy (non-hydrogen) atoms. The number of hydrogen-bond acceptors (Lipinski definition) is 2. The third-order valence-electron chi connectivity index (χ3n) is 3.14. The van der Waals surface area contributed by atoms with Crippen LogP contribution in [0.5, 0.6) is 0 Å². The topological polar surface area (TPSA) is 51.1 Å². The van der Waals surface area contributed by atoms with E-state index in [0.717, 1.165) is 5.69 Å². The summed E-state index contributed by atoms with van der Waals surface area (Å²) < 4.78 is 2.20. The molecule has 0 unspecified atom stereocenters. The van der Waals surface area contributed by atoms with Gasteiger partial charge in [0.1, 0.15) is 0 Å². The normalized spacial score (nSPS) is 10.3. The number of alkyl halides is 1. The summed E-state index contributed by atoms with van der Waals surface area (Å²) in [4.78, 5) is 24.2. The predicted octanol–water partition coefficient (Wildman–Crippen LogP) is 2.94. The Kier molecular flexibility index (Phi) is 4.59. The standard InChI is InChI=1S/C15H15IN2O2/c1-10-14(15(20)11-6-4-3-5-7-11)12(9-18(10)2)17-13(19)8-16/h3-7,9H,8H2,1-2H3,(H,17,19). The zero-order valence-corrected chi connectivity index (χ0v) is 13.5. The van der Waals surface area contributed by atoms with E-state index in [-0.39, 0.29) is 11.7 Å². The van der Waals surface area contributed by atoms with Crippen LogP contribution in [-0.2, 0) is 11.8 Å². The van der Waals surface area contributed by atoms with Crippen LogP contribution >= 0.6 is 22.6 Å². The lowest BCUT2D eigenvalue weighted by molar-refractivity contribution is -0.113. The summed E-state index contributed by atoms with van der Waals surface area (Å²) in [5.74, 6) is -0.189. The summed E-state index contributed by atoms with van der Waals surface area (Å²) >= 11 is 1.99. The lowest BCUT2D eigenvalue weighted by atomic mass is 10.0. The van der Waals surface area contributed by atoms with Gasteiger partial charge in [-0.1, -0.05) is 52.9 Å². The van der Waals surface area contributed by atoms with Crippen LogP contribution in [0.25, 0.3) is 0 Å². The van der Waals surface area contributed by atoms with Crippen LogP contribution in [0.15, 0.2) is 36.5 Å². The lowest BCUT2D eigenvalue weighted by Gasteiger charge is -2.06. The number of rotatable bonds is 4. The molecule has 5 heteroatoms. The van der Waals surface area contributed by atoms with E-state index < -0.39 is 0 Å². The molecule has 0 radical (unpaired) electrons. The van der Waals surface area contributed by atoms with Crippen molar-refractivity contribution in [2.45, 2.75) is 6.92 Å². The van der Waals surface area contributed by atoms with E-state index in [1.807, 2.05) is 59.3 Å². The van der Waals surface area contributed by atoms with E-state index in [2.05, 4.69) is 5.32 Å². The fourth-order valence-electron chi connectivity index (χ4n) is 2.03. The number of carbonyl (C=O) groups is 2. The van der Waals surface area contributed by atoms with Gasteiger partial charge in [0.15, 0.2) is 5.78 Å². The number of amides is 1. The number of nitrogens with zero attached hydrogens (tertiary/aromatic N) is 1. The van der Waals surface area contributed by atoms with Gasteiger partial charge in [-0.15, -0.1) is 0 Å². The van der Waals surface area contributed by atoms with Crippen molar-refractivity contribution in [3.05, 3.63) is 53.3 Å². The third kappa shape index (κ3) is 2.92. The fraction of sp³-hybridized carbons (Fsp3) is 0.200. The highest BCUT2D eigenvalue weighted by molar-refractivity contribution is 14.1. The summed E-state index contributed by atoms with van der Waals surface area (Å²) in [6.07, 6.45) is 1.77. The fourth-order valence-corrected chi connectivity index (χ4v) is 2.22. The summed E-state index contributed by atoms with van der Waals surface area (Å²) in [6.45, 7) is 1.87. The van der Waals surface area contributed by atoms with Gasteiger partial charge in [0.2, 0.25) is 5.91 Å². The predicted molar refractivity (Wildman–Crippen MR) is 87.5 cm³/mol. The van der Waals surface area contributed by atoms with Crippen molar-refractivity contribution in [3.8, 4) is 0 Å². The molecule has 0 spiro atoms. The average molecular weight is 382 g/mol. The van der Waals surface area contributed by atoms with E-state index in [0.29, 0.717) is 21.2 Å². The number of aryl methyl sites for hydroxylation is 1. The van der Waals surface area contributed by atoms with Crippen LogP contribution in [0, 0.1) is 6.92 Å². The van der Waals surface area contributed by atoms with Crippen LogP contribution in [0.3, 0.4) is 0 Å². The highest BCUT2D eigenvalue weighted by Gasteiger charge is 2.20. The maximum Gasteiger partial charge on any atom is 0.234 e. The van der Waals surface area contributed by atoms with Gasteiger partial charge in [-0.2, -0.15) is 0 Å². The molecule has 0 aliphatic carbocycles. The molecule has 1 amide bonds. The number of halogens is 1. The third-order valence-corrected chi connectivity index (χ3v) is 3.83. The van der Waals surface area contributed by atoms with Crippen molar-refractivity contribution >= 4 is 40.0 Å². The highest BCUT2D eigenvalue weighted by atomic mass is 127. The molecule has 1 heterocycles. The zero-order valence-electron chi connectivity index (χ0n) is 11.3. The van der Waals surface area contributed by atoms with E-state index >= 15 is 0 Å². The number of nitrogens with one attached hydrogen (secondary N) is 1. The first-order valence-corrected chi connectivity index (χ1v) is 7.68. The second-order valence-corrected chi connectivity index (χ2v) is 5.25. The van der Waals surface area contributed by atoms with Gasteiger partial charge in [0, 0.05) is 24.5 Å².